The van der Waals surface area contributed by atoms with E-state index in [0.29, 0.717) is 6.42 Å². The average molecular weight is 221 g/mol. The average Bonchev–Trinajstić information content (AvgIpc) is 2.79. The molecule has 0 fully saturated rings. The summed E-state index contributed by atoms with van der Waals surface area (Å²) >= 11 is 0. The Morgan fingerprint density at radius 3 is 2.41 bits per heavy atom. The van der Waals surface area contributed by atoms with E-state index in [9.17, 15) is 5.26 Å². The molecule has 0 aromatic heterocycles. The quantitative estimate of drug-likeness (QED) is 0.741. The first-order valence-corrected chi connectivity index (χ1v) is 5.58. The van der Waals surface area contributed by atoms with Crippen molar-refractivity contribution >= 4 is 0 Å². The van der Waals surface area contributed by atoms with Crippen LogP contribution in [0.3, 0.4) is 0 Å². The van der Waals surface area contributed by atoms with Crippen molar-refractivity contribution in [3.05, 3.63) is 65.7 Å². The smallest absolute Gasteiger partial charge is 0.223 e. The van der Waals surface area contributed by atoms with Crippen molar-refractivity contribution in [2.75, 3.05) is 0 Å². The lowest BCUT2D eigenvalue weighted by atomic mass is 9.91. The van der Waals surface area contributed by atoms with E-state index in [4.69, 9.17) is 4.74 Å². The Hall–Kier alpha value is -2.27. The van der Waals surface area contributed by atoms with Crippen molar-refractivity contribution in [1.29, 1.82) is 5.26 Å². The Kier molecular flexibility index (Phi) is 2.12. The van der Waals surface area contributed by atoms with E-state index in [1.165, 1.54) is 0 Å². The van der Waals surface area contributed by atoms with Gasteiger partial charge < -0.3 is 4.74 Å². The van der Waals surface area contributed by atoms with Crippen LogP contribution < -0.4 is 4.74 Å². The van der Waals surface area contributed by atoms with Crippen LogP contribution in [-0.4, -0.2) is 0 Å². The van der Waals surface area contributed by atoms with Gasteiger partial charge in [0.2, 0.25) is 5.60 Å². The molecular weight excluding hydrogens is 210 g/mol. The highest BCUT2D eigenvalue weighted by Crippen LogP contribution is 2.40. The Labute approximate surface area is 100 Å². The zero-order valence-electron chi connectivity index (χ0n) is 9.26. The Morgan fingerprint density at radius 2 is 1.71 bits per heavy atom. The Morgan fingerprint density at radius 1 is 1.00 bits per heavy atom. The van der Waals surface area contributed by atoms with Crippen LogP contribution in [0.5, 0.6) is 5.75 Å². The number of para-hydroxylation sites is 1. The van der Waals surface area contributed by atoms with Crippen LogP contribution in [-0.2, 0) is 12.0 Å². The van der Waals surface area contributed by atoms with Gasteiger partial charge >= 0.3 is 0 Å². The number of nitrogens with zero attached hydrogens (tertiary/aromatic N) is 1. The van der Waals surface area contributed by atoms with Gasteiger partial charge in [-0.2, -0.15) is 5.26 Å². The summed E-state index contributed by atoms with van der Waals surface area (Å²) in [5.41, 5.74) is 1.15. The Balaban J connectivity index is 2.08. The molecule has 0 amide bonds. The third-order valence-electron chi connectivity index (χ3n) is 3.12. The van der Waals surface area contributed by atoms with Crippen LogP contribution >= 0.6 is 0 Å². The number of hydrogen-bond acceptors (Lipinski definition) is 2. The minimum absolute atomic E-state index is 0.615. The molecule has 0 bridgehead atoms. The maximum atomic E-state index is 9.47. The fourth-order valence-corrected chi connectivity index (χ4v) is 2.24. The molecule has 1 aliphatic heterocycles. The fraction of sp³-hybridized carbons (Fsp3) is 0.133. The molecule has 0 spiro atoms. The maximum absolute atomic E-state index is 9.47. The highest BCUT2D eigenvalue weighted by molar-refractivity contribution is 5.45. The summed E-state index contributed by atoms with van der Waals surface area (Å²) in [5.74, 6) is 0.818. The number of hydrogen-bond donors (Lipinski definition) is 0. The molecule has 82 valence electrons. The van der Waals surface area contributed by atoms with Crippen molar-refractivity contribution in [3.8, 4) is 11.8 Å². The first-order valence-electron chi connectivity index (χ1n) is 5.58. The van der Waals surface area contributed by atoms with Crippen LogP contribution in [0, 0.1) is 11.3 Å². The minimum Gasteiger partial charge on any atom is -0.467 e. The lowest BCUT2D eigenvalue weighted by Gasteiger charge is -2.20. The van der Waals surface area contributed by atoms with Crippen molar-refractivity contribution < 1.29 is 4.74 Å². The van der Waals surface area contributed by atoms with E-state index in [1.807, 2.05) is 54.6 Å². The third-order valence-corrected chi connectivity index (χ3v) is 3.12. The first-order chi connectivity index (χ1) is 8.34. The van der Waals surface area contributed by atoms with Crippen LogP contribution in [0.15, 0.2) is 54.6 Å². The largest absolute Gasteiger partial charge is 0.467 e. The summed E-state index contributed by atoms with van der Waals surface area (Å²) in [5, 5.41) is 9.47. The summed E-state index contributed by atoms with van der Waals surface area (Å²) in [6.45, 7) is 0. The number of nitriles is 1. The van der Waals surface area contributed by atoms with Gasteiger partial charge in [-0.1, -0.05) is 48.5 Å². The van der Waals surface area contributed by atoms with Gasteiger partial charge in [-0.05, 0) is 11.6 Å². The normalized spacial score (nSPS) is 21.4. The van der Waals surface area contributed by atoms with Crippen LogP contribution in [0.1, 0.15) is 11.1 Å². The predicted octanol–water partition coefficient (Wildman–Crippen LogP) is 3.04. The Bertz CT molecular complexity index is 558. The van der Waals surface area contributed by atoms with Gasteiger partial charge in [0, 0.05) is 12.0 Å². The molecule has 1 atom stereocenters. The number of rotatable bonds is 1. The van der Waals surface area contributed by atoms with Gasteiger partial charge in [-0.15, -0.1) is 0 Å². The zero-order valence-corrected chi connectivity index (χ0v) is 9.26. The number of fused-ring (bicyclic) bond motifs is 1. The van der Waals surface area contributed by atoms with E-state index in [1.54, 1.807) is 0 Å². The molecule has 2 aromatic rings. The maximum Gasteiger partial charge on any atom is 0.223 e. The second-order valence-corrected chi connectivity index (χ2v) is 4.19. The molecule has 0 radical (unpaired) electrons. The second-order valence-electron chi connectivity index (χ2n) is 4.19. The zero-order chi connectivity index (χ0) is 11.7. The SMILES string of the molecule is N#CC1(c2ccccc2)Cc2ccccc2O1. The van der Waals surface area contributed by atoms with Crippen molar-refractivity contribution in [1.82, 2.24) is 0 Å². The molecule has 17 heavy (non-hydrogen) atoms. The van der Waals surface area contributed by atoms with Crippen LogP contribution in [0.2, 0.25) is 0 Å². The molecule has 0 saturated heterocycles. The monoisotopic (exact) mass is 221 g/mol. The van der Waals surface area contributed by atoms with Gasteiger partial charge in [0.1, 0.15) is 11.8 Å². The van der Waals surface area contributed by atoms with Crippen LogP contribution in [0.4, 0.5) is 0 Å². The van der Waals surface area contributed by atoms with E-state index in [2.05, 4.69) is 6.07 Å². The van der Waals surface area contributed by atoms with E-state index >= 15 is 0 Å². The van der Waals surface area contributed by atoms with Crippen molar-refractivity contribution in [3.63, 3.8) is 0 Å². The molecule has 3 rings (SSSR count). The van der Waals surface area contributed by atoms with Crippen molar-refractivity contribution in [2.24, 2.45) is 0 Å². The molecule has 0 N–H and O–H groups in total. The summed E-state index contributed by atoms with van der Waals surface area (Å²) < 4.78 is 5.87. The van der Waals surface area contributed by atoms with E-state index in [-0.39, 0.29) is 0 Å². The first kappa shape index (κ1) is 9.92. The van der Waals surface area contributed by atoms with E-state index in [0.717, 1.165) is 16.9 Å². The topological polar surface area (TPSA) is 33.0 Å². The summed E-state index contributed by atoms with van der Waals surface area (Å²) in [7, 11) is 0. The molecule has 0 saturated carbocycles. The van der Waals surface area contributed by atoms with Gasteiger partial charge in [0.25, 0.3) is 0 Å². The van der Waals surface area contributed by atoms with Gasteiger partial charge in [-0.25, -0.2) is 0 Å². The molecule has 2 aromatic carbocycles. The highest BCUT2D eigenvalue weighted by atomic mass is 16.5. The van der Waals surface area contributed by atoms with Crippen molar-refractivity contribution in [2.45, 2.75) is 12.0 Å². The fourth-order valence-electron chi connectivity index (χ4n) is 2.24. The summed E-state index contributed by atoms with van der Waals surface area (Å²) in [4.78, 5) is 0. The highest BCUT2D eigenvalue weighted by Gasteiger charge is 2.41. The number of ether oxygens (including phenoxy) is 1. The summed E-state index contributed by atoms with van der Waals surface area (Å²) in [6, 6.07) is 19.8. The van der Waals surface area contributed by atoms with Gasteiger partial charge in [0.15, 0.2) is 0 Å². The standard InChI is InChI=1S/C15H11NO/c16-11-15(13-7-2-1-3-8-13)10-12-6-4-5-9-14(12)17-15/h1-9H,10H2. The molecular formula is C15H11NO. The predicted molar refractivity (Wildman–Crippen MR) is 64.5 cm³/mol. The molecule has 2 nitrogen and oxygen atoms in total. The lowest BCUT2D eigenvalue weighted by Crippen LogP contribution is -2.29. The molecule has 2 heteroatoms. The molecule has 0 aliphatic carbocycles. The molecule has 1 aliphatic rings. The van der Waals surface area contributed by atoms with Gasteiger partial charge in [-0.3, -0.25) is 0 Å². The van der Waals surface area contributed by atoms with Crippen LogP contribution in [0.25, 0.3) is 0 Å². The third kappa shape index (κ3) is 1.48. The van der Waals surface area contributed by atoms with E-state index < -0.39 is 5.60 Å². The second kappa shape index (κ2) is 3.64. The van der Waals surface area contributed by atoms with Gasteiger partial charge in [0.05, 0.1) is 0 Å². The number of benzene rings is 2. The lowest BCUT2D eigenvalue weighted by molar-refractivity contribution is 0.158. The molecule has 1 unspecified atom stereocenters. The molecule has 1 heterocycles. The summed E-state index contributed by atoms with van der Waals surface area (Å²) in [6.07, 6.45) is 0.615. The minimum atomic E-state index is -0.856.